The number of benzene rings is 1. The molecule has 6 nitrogen and oxygen atoms in total. The molecule has 1 aromatic carbocycles. The van der Waals surface area contributed by atoms with Gasteiger partial charge in [-0.15, -0.1) is 24.0 Å². The van der Waals surface area contributed by atoms with E-state index in [2.05, 4.69) is 40.7 Å². The molecule has 1 aromatic rings. The quantitative estimate of drug-likeness (QED) is 0.335. The summed E-state index contributed by atoms with van der Waals surface area (Å²) in [5, 5.41) is 6.76. The number of halogens is 1. The Morgan fingerprint density at radius 3 is 2.70 bits per heavy atom. The van der Waals surface area contributed by atoms with Crippen molar-refractivity contribution in [3.05, 3.63) is 29.8 Å². The molecule has 2 aliphatic rings. The largest absolute Gasteiger partial charge is 0.490 e. The zero-order valence-corrected chi connectivity index (χ0v) is 18.6. The third kappa shape index (κ3) is 7.46. The molecule has 0 aromatic heterocycles. The highest BCUT2D eigenvalue weighted by Gasteiger charge is 2.20. The first-order valence-corrected chi connectivity index (χ1v) is 9.92. The summed E-state index contributed by atoms with van der Waals surface area (Å²) in [7, 11) is 0. The normalized spacial score (nSPS) is 18.3. The zero-order valence-electron chi connectivity index (χ0n) is 16.3. The SMILES string of the molecule is CCNC(=NCc1ccccc1OC1CCC1)NCCN1CCOCC1.I. The van der Waals surface area contributed by atoms with Crippen molar-refractivity contribution in [3.8, 4) is 5.75 Å². The van der Waals surface area contributed by atoms with Crippen LogP contribution in [0.3, 0.4) is 0 Å². The molecule has 0 unspecified atom stereocenters. The number of nitrogens with one attached hydrogen (secondary N) is 2. The third-order valence-electron chi connectivity index (χ3n) is 4.89. The highest BCUT2D eigenvalue weighted by Crippen LogP contribution is 2.27. The van der Waals surface area contributed by atoms with Crippen LogP contribution in [-0.4, -0.2) is 62.9 Å². The van der Waals surface area contributed by atoms with Crippen molar-refractivity contribution in [2.75, 3.05) is 45.9 Å². The molecule has 1 heterocycles. The van der Waals surface area contributed by atoms with Gasteiger partial charge in [0.15, 0.2) is 5.96 Å². The molecule has 1 aliphatic heterocycles. The molecule has 0 radical (unpaired) electrons. The monoisotopic (exact) mass is 488 g/mol. The second-order valence-corrected chi connectivity index (χ2v) is 6.85. The van der Waals surface area contributed by atoms with E-state index in [-0.39, 0.29) is 24.0 Å². The minimum atomic E-state index is 0. The smallest absolute Gasteiger partial charge is 0.191 e. The molecule has 3 rings (SSSR count). The molecule has 0 atom stereocenters. The van der Waals surface area contributed by atoms with Crippen molar-refractivity contribution in [2.24, 2.45) is 4.99 Å². The summed E-state index contributed by atoms with van der Waals surface area (Å²) in [6.45, 7) is 9.16. The van der Waals surface area contributed by atoms with E-state index in [0.29, 0.717) is 12.6 Å². The van der Waals surface area contributed by atoms with Crippen molar-refractivity contribution < 1.29 is 9.47 Å². The van der Waals surface area contributed by atoms with Gasteiger partial charge >= 0.3 is 0 Å². The topological polar surface area (TPSA) is 58.1 Å². The number of hydrogen-bond acceptors (Lipinski definition) is 4. The Hall–Kier alpha value is -1.06. The first-order valence-electron chi connectivity index (χ1n) is 9.92. The number of morpholine rings is 1. The Morgan fingerprint density at radius 1 is 1.22 bits per heavy atom. The van der Waals surface area contributed by atoms with Gasteiger partial charge in [0.1, 0.15) is 5.75 Å². The molecule has 2 N–H and O–H groups in total. The van der Waals surface area contributed by atoms with Crippen LogP contribution in [0.4, 0.5) is 0 Å². The summed E-state index contributed by atoms with van der Waals surface area (Å²) in [6.07, 6.45) is 4.01. The van der Waals surface area contributed by atoms with Gasteiger partial charge in [0.05, 0.1) is 25.9 Å². The second-order valence-electron chi connectivity index (χ2n) is 6.85. The summed E-state index contributed by atoms with van der Waals surface area (Å²) in [5.74, 6) is 1.84. The van der Waals surface area contributed by atoms with Gasteiger partial charge in [0.2, 0.25) is 0 Å². The maximum Gasteiger partial charge on any atom is 0.191 e. The Morgan fingerprint density at radius 2 is 2.00 bits per heavy atom. The lowest BCUT2D eigenvalue weighted by atomic mass is 9.96. The van der Waals surface area contributed by atoms with Crippen LogP contribution in [0.1, 0.15) is 31.7 Å². The van der Waals surface area contributed by atoms with Gasteiger partial charge in [-0.3, -0.25) is 4.90 Å². The average Bonchev–Trinajstić information content (AvgIpc) is 2.64. The Labute approximate surface area is 180 Å². The van der Waals surface area contributed by atoms with E-state index in [0.717, 1.165) is 63.2 Å². The highest BCUT2D eigenvalue weighted by atomic mass is 127. The van der Waals surface area contributed by atoms with Gasteiger partial charge in [-0.1, -0.05) is 18.2 Å². The van der Waals surface area contributed by atoms with Gasteiger partial charge in [-0.25, -0.2) is 4.99 Å². The van der Waals surface area contributed by atoms with Crippen molar-refractivity contribution in [1.29, 1.82) is 0 Å². The van der Waals surface area contributed by atoms with Crippen LogP contribution in [0.5, 0.6) is 5.75 Å². The van der Waals surface area contributed by atoms with Crippen LogP contribution >= 0.6 is 24.0 Å². The van der Waals surface area contributed by atoms with Crippen molar-refractivity contribution in [3.63, 3.8) is 0 Å². The number of guanidine groups is 1. The van der Waals surface area contributed by atoms with Crippen LogP contribution in [0.25, 0.3) is 0 Å². The average molecular weight is 488 g/mol. The standard InChI is InChI=1S/C20H32N4O2.HI/c1-2-21-20(22-10-11-24-12-14-25-15-13-24)23-16-17-6-3-4-9-19(17)26-18-7-5-8-18;/h3-4,6,9,18H,2,5,7-8,10-16H2,1H3,(H2,21,22,23);1H. The summed E-state index contributed by atoms with van der Waals surface area (Å²) in [6, 6.07) is 8.25. The van der Waals surface area contributed by atoms with Crippen molar-refractivity contribution in [1.82, 2.24) is 15.5 Å². The lowest BCUT2D eigenvalue weighted by molar-refractivity contribution is 0.0389. The van der Waals surface area contributed by atoms with Gasteiger partial charge in [-0.05, 0) is 32.3 Å². The fourth-order valence-electron chi connectivity index (χ4n) is 3.08. The fourth-order valence-corrected chi connectivity index (χ4v) is 3.08. The molecule has 152 valence electrons. The lowest BCUT2D eigenvalue weighted by Crippen LogP contribution is -2.44. The van der Waals surface area contributed by atoms with Crippen LogP contribution in [0, 0.1) is 0 Å². The van der Waals surface area contributed by atoms with Crippen LogP contribution < -0.4 is 15.4 Å². The van der Waals surface area contributed by atoms with Gasteiger partial charge < -0.3 is 20.1 Å². The number of hydrogen-bond donors (Lipinski definition) is 2. The maximum atomic E-state index is 6.11. The Bertz CT molecular complexity index is 575. The molecule has 2 fully saturated rings. The van der Waals surface area contributed by atoms with Crippen molar-refractivity contribution >= 4 is 29.9 Å². The Kier molecular flexibility index (Phi) is 10.2. The molecule has 7 heteroatoms. The van der Waals surface area contributed by atoms with E-state index < -0.39 is 0 Å². The molecule has 27 heavy (non-hydrogen) atoms. The second kappa shape index (κ2) is 12.4. The van der Waals surface area contributed by atoms with E-state index in [1.54, 1.807) is 0 Å². The molecule has 1 saturated carbocycles. The van der Waals surface area contributed by atoms with E-state index in [1.807, 2.05) is 6.07 Å². The van der Waals surface area contributed by atoms with Crippen LogP contribution in [0.2, 0.25) is 0 Å². The predicted octanol–water partition coefficient (Wildman–Crippen LogP) is 2.62. The number of nitrogens with zero attached hydrogens (tertiary/aromatic N) is 2. The molecule has 0 bridgehead atoms. The summed E-state index contributed by atoms with van der Waals surface area (Å²) in [5.41, 5.74) is 1.14. The summed E-state index contributed by atoms with van der Waals surface area (Å²) in [4.78, 5) is 7.17. The van der Waals surface area contributed by atoms with E-state index in [4.69, 9.17) is 14.5 Å². The van der Waals surface area contributed by atoms with E-state index in [9.17, 15) is 0 Å². The number of rotatable bonds is 8. The highest BCUT2D eigenvalue weighted by molar-refractivity contribution is 14.0. The minimum absolute atomic E-state index is 0. The molecular formula is C20H33IN4O2. The first kappa shape index (κ1) is 22.2. The number of aliphatic imine (C=N–C) groups is 1. The number of ether oxygens (including phenoxy) is 2. The summed E-state index contributed by atoms with van der Waals surface area (Å²) < 4.78 is 11.5. The van der Waals surface area contributed by atoms with E-state index in [1.165, 1.54) is 19.3 Å². The first-order chi connectivity index (χ1) is 12.8. The molecule has 1 aliphatic carbocycles. The lowest BCUT2D eigenvalue weighted by Gasteiger charge is -2.27. The van der Waals surface area contributed by atoms with Gasteiger partial charge in [0.25, 0.3) is 0 Å². The minimum Gasteiger partial charge on any atom is -0.490 e. The molecule has 0 spiro atoms. The number of para-hydroxylation sites is 1. The maximum absolute atomic E-state index is 6.11. The van der Waals surface area contributed by atoms with Gasteiger partial charge in [-0.2, -0.15) is 0 Å². The van der Waals surface area contributed by atoms with Gasteiger partial charge in [0, 0.05) is 38.3 Å². The van der Waals surface area contributed by atoms with Crippen LogP contribution in [-0.2, 0) is 11.3 Å². The molecule has 0 amide bonds. The van der Waals surface area contributed by atoms with E-state index >= 15 is 0 Å². The summed E-state index contributed by atoms with van der Waals surface area (Å²) >= 11 is 0. The fraction of sp³-hybridized carbons (Fsp3) is 0.650. The zero-order chi connectivity index (χ0) is 18.0. The Balaban J connectivity index is 0.00000261. The third-order valence-corrected chi connectivity index (χ3v) is 4.89. The van der Waals surface area contributed by atoms with Crippen LogP contribution in [0.15, 0.2) is 29.3 Å². The predicted molar refractivity (Wildman–Crippen MR) is 120 cm³/mol. The molecule has 1 saturated heterocycles. The molecular weight excluding hydrogens is 455 g/mol. The van der Waals surface area contributed by atoms with Crippen molar-refractivity contribution in [2.45, 2.75) is 38.8 Å².